The number of aliphatic hydroxyl groups is 1. The van der Waals surface area contributed by atoms with Gasteiger partial charge in [0.2, 0.25) is 5.91 Å². The van der Waals surface area contributed by atoms with Crippen LogP contribution in [0.4, 0.5) is 0 Å². The first kappa shape index (κ1) is 17.4. The molecule has 1 aliphatic rings. The van der Waals surface area contributed by atoms with Crippen LogP contribution in [0.2, 0.25) is 0 Å². The van der Waals surface area contributed by atoms with Gasteiger partial charge in [0, 0.05) is 12.5 Å². The van der Waals surface area contributed by atoms with Crippen molar-refractivity contribution in [2.24, 2.45) is 5.92 Å². The zero-order valence-corrected chi connectivity index (χ0v) is 14.6. The molecule has 1 heterocycles. The van der Waals surface area contributed by atoms with Crippen molar-refractivity contribution in [2.45, 2.75) is 45.4 Å². The fraction of sp³-hybridized carbons (Fsp3) is 0.500. The molecule has 0 radical (unpaired) electrons. The molecule has 2 aromatic rings. The van der Waals surface area contributed by atoms with Crippen molar-refractivity contribution in [2.75, 3.05) is 6.54 Å². The van der Waals surface area contributed by atoms with E-state index < -0.39 is 6.10 Å². The number of ether oxygens (including phenoxy) is 1. The van der Waals surface area contributed by atoms with Crippen molar-refractivity contribution >= 4 is 5.91 Å². The van der Waals surface area contributed by atoms with Crippen molar-refractivity contribution < 1.29 is 14.6 Å². The van der Waals surface area contributed by atoms with Crippen LogP contribution >= 0.6 is 0 Å². The number of aryl methyl sites for hydroxylation is 2. The summed E-state index contributed by atoms with van der Waals surface area (Å²) in [5.74, 6) is 1.99. The van der Waals surface area contributed by atoms with E-state index in [0.717, 1.165) is 18.6 Å². The van der Waals surface area contributed by atoms with E-state index in [1.165, 1.54) is 0 Å². The van der Waals surface area contributed by atoms with Crippen LogP contribution in [-0.4, -0.2) is 44.5 Å². The molecule has 134 valence electrons. The van der Waals surface area contributed by atoms with Gasteiger partial charge in [-0.15, -0.1) is 0 Å². The van der Waals surface area contributed by atoms with Gasteiger partial charge in [-0.2, -0.15) is 5.10 Å². The minimum atomic E-state index is -0.587. The highest BCUT2D eigenvalue weighted by Crippen LogP contribution is 2.29. The average molecular weight is 344 g/mol. The number of aromatic nitrogens is 3. The number of para-hydroxylation sites is 1. The van der Waals surface area contributed by atoms with E-state index in [1.807, 2.05) is 37.3 Å². The van der Waals surface area contributed by atoms with E-state index in [9.17, 15) is 9.90 Å². The molecule has 1 aromatic heterocycles. The minimum absolute atomic E-state index is 0.00348. The maximum absolute atomic E-state index is 12.1. The van der Waals surface area contributed by atoms with Crippen LogP contribution in [0.25, 0.3) is 0 Å². The van der Waals surface area contributed by atoms with Crippen LogP contribution < -0.4 is 10.1 Å². The number of hydrogen-bond donors (Lipinski definition) is 2. The monoisotopic (exact) mass is 344 g/mol. The largest absolute Gasteiger partial charge is 0.488 e. The normalized spacial score (nSPS) is 22.8. The lowest BCUT2D eigenvalue weighted by molar-refractivity contribution is -0.122. The third-order valence-corrected chi connectivity index (χ3v) is 4.53. The molecule has 3 atom stereocenters. The quantitative estimate of drug-likeness (QED) is 0.823. The van der Waals surface area contributed by atoms with E-state index >= 15 is 0 Å². The molecule has 1 amide bonds. The maximum atomic E-state index is 12.1. The molecule has 1 saturated carbocycles. The summed E-state index contributed by atoms with van der Waals surface area (Å²) in [5, 5.41) is 17.5. The Balaban J connectivity index is 1.47. The first-order valence-electron chi connectivity index (χ1n) is 8.57. The maximum Gasteiger partial charge on any atom is 0.241 e. The molecule has 7 heteroatoms. The fourth-order valence-electron chi connectivity index (χ4n) is 3.20. The van der Waals surface area contributed by atoms with E-state index in [-0.39, 0.29) is 24.5 Å². The van der Waals surface area contributed by atoms with Gasteiger partial charge in [-0.05, 0) is 38.8 Å². The Morgan fingerprint density at radius 3 is 2.76 bits per heavy atom. The summed E-state index contributed by atoms with van der Waals surface area (Å²) in [6.45, 7) is 4.18. The molecule has 7 nitrogen and oxygen atoms in total. The SMILES string of the molecule is Cc1nc(C)n(CC(=O)NC[C@H]2CC[C@@H](Oc3ccccc3)[C@@H]2O)n1. The predicted molar refractivity (Wildman–Crippen MR) is 92.1 cm³/mol. The van der Waals surface area contributed by atoms with Crippen LogP contribution in [0.5, 0.6) is 5.75 Å². The summed E-state index contributed by atoms with van der Waals surface area (Å²) in [6, 6.07) is 9.49. The van der Waals surface area contributed by atoms with Crippen molar-refractivity contribution in [3.05, 3.63) is 42.0 Å². The lowest BCUT2D eigenvalue weighted by Gasteiger charge is -2.21. The highest BCUT2D eigenvalue weighted by Gasteiger charge is 2.36. The summed E-state index contributed by atoms with van der Waals surface area (Å²) in [7, 11) is 0. The zero-order chi connectivity index (χ0) is 17.8. The molecule has 1 aromatic carbocycles. The van der Waals surface area contributed by atoms with Gasteiger partial charge in [0.05, 0.1) is 6.10 Å². The molecule has 1 aliphatic carbocycles. The second-order valence-electron chi connectivity index (χ2n) is 6.47. The Kier molecular flexibility index (Phi) is 5.33. The predicted octanol–water partition coefficient (Wildman–Crippen LogP) is 1.23. The Bertz CT molecular complexity index is 716. The van der Waals surface area contributed by atoms with Gasteiger partial charge in [-0.3, -0.25) is 4.79 Å². The van der Waals surface area contributed by atoms with Gasteiger partial charge in [0.25, 0.3) is 0 Å². The van der Waals surface area contributed by atoms with Gasteiger partial charge < -0.3 is 15.2 Å². The molecule has 25 heavy (non-hydrogen) atoms. The number of carbonyl (C=O) groups is 1. The first-order chi connectivity index (χ1) is 12.0. The van der Waals surface area contributed by atoms with Crippen LogP contribution in [-0.2, 0) is 11.3 Å². The zero-order valence-electron chi connectivity index (χ0n) is 14.6. The summed E-state index contributed by atoms with van der Waals surface area (Å²) >= 11 is 0. The van der Waals surface area contributed by atoms with Crippen LogP contribution in [0.1, 0.15) is 24.5 Å². The molecular weight excluding hydrogens is 320 g/mol. The van der Waals surface area contributed by atoms with Gasteiger partial charge >= 0.3 is 0 Å². The molecular formula is C18H24N4O3. The molecule has 1 fully saturated rings. The number of nitrogens with one attached hydrogen (secondary N) is 1. The fourth-order valence-corrected chi connectivity index (χ4v) is 3.20. The Morgan fingerprint density at radius 1 is 1.32 bits per heavy atom. The van der Waals surface area contributed by atoms with Crippen molar-refractivity contribution in [3.8, 4) is 5.75 Å². The van der Waals surface area contributed by atoms with E-state index in [0.29, 0.717) is 18.2 Å². The Labute approximate surface area is 147 Å². The lowest BCUT2D eigenvalue weighted by atomic mass is 10.1. The first-order valence-corrected chi connectivity index (χ1v) is 8.57. The third-order valence-electron chi connectivity index (χ3n) is 4.53. The summed E-state index contributed by atoms with van der Waals surface area (Å²) in [4.78, 5) is 16.3. The van der Waals surface area contributed by atoms with E-state index in [2.05, 4.69) is 15.4 Å². The second kappa shape index (κ2) is 7.65. The molecule has 3 rings (SSSR count). The highest BCUT2D eigenvalue weighted by molar-refractivity contribution is 5.75. The Hall–Kier alpha value is -2.41. The number of benzene rings is 1. The summed E-state index contributed by atoms with van der Waals surface area (Å²) < 4.78 is 7.43. The van der Waals surface area contributed by atoms with Crippen molar-refractivity contribution in [1.29, 1.82) is 0 Å². The number of hydrogen-bond acceptors (Lipinski definition) is 5. The lowest BCUT2D eigenvalue weighted by Crippen LogP contribution is -2.38. The Morgan fingerprint density at radius 2 is 2.08 bits per heavy atom. The molecule has 0 saturated heterocycles. The second-order valence-corrected chi connectivity index (χ2v) is 6.47. The third kappa shape index (κ3) is 4.36. The van der Waals surface area contributed by atoms with Crippen molar-refractivity contribution in [1.82, 2.24) is 20.1 Å². The van der Waals surface area contributed by atoms with Gasteiger partial charge in [-0.1, -0.05) is 18.2 Å². The van der Waals surface area contributed by atoms with Gasteiger partial charge in [0.1, 0.15) is 30.0 Å². The van der Waals surface area contributed by atoms with E-state index in [4.69, 9.17) is 4.74 Å². The number of amides is 1. The van der Waals surface area contributed by atoms with Crippen LogP contribution in [0.3, 0.4) is 0 Å². The molecule has 0 bridgehead atoms. The summed E-state index contributed by atoms with van der Waals surface area (Å²) in [6.07, 6.45) is 0.777. The smallest absolute Gasteiger partial charge is 0.241 e. The number of carbonyl (C=O) groups excluding carboxylic acids is 1. The van der Waals surface area contributed by atoms with Crippen molar-refractivity contribution in [3.63, 3.8) is 0 Å². The number of nitrogens with zero attached hydrogens (tertiary/aromatic N) is 3. The standard InChI is InChI=1S/C18H24N4O3/c1-12-20-13(2)22(21-12)11-17(23)19-10-14-8-9-16(18(14)24)25-15-6-4-3-5-7-15/h3-7,14,16,18,24H,8-11H2,1-2H3,(H,19,23)/t14-,16-,18-/m1/s1. The molecule has 0 aliphatic heterocycles. The van der Waals surface area contributed by atoms with Gasteiger partial charge in [-0.25, -0.2) is 9.67 Å². The molecule has 2 N–H and O–H groups in total. The topological polar surface area (TPSA) is 89.3 Å². The highest BCUT2D eigenvalue weighted by atomic mass is 16.5. The number of aliphatic hydroxyl groups excluding tert-OH is 1. The van der Waals surface area contributed by atoms with Gasteiger partial charge in [0.15, 0.2) is 0 Å². The van der Waals surface area contributed by atoms with E-state index in [1.54, 1.807) is 11.6 Å². The van der Waals surface area contributed by atoms with Crippen LogP contribution in [0, 0.1) is 19.8 Å². The van der Waals surface area contributed by atoms with Crippen LogP contribution in [0.15, 0.2) is 30.3 Å². The number of rotatable bonds is 6. The molecule has 0 unspecified atom stereocenters. The average Bonchev–Trinajstić information content (AvgIpc) is 3.09. The molecule has 0 spiro atoms. The minimum Gasteiger partial charge on any atom is -0.488 e. The summed E-state index contributed by atoms with van der Waals surface area (Å²) in [5.41, 5.74) is 0.